The normalized spacial score (nSPS) is 14.7. The fraction of sp³-hybridized carbons (Fsp3) is 0.368. The minimum Gasteiger partial charge on any atom is -0.378 e. The third-order valence-corrected chi connectivity index (χ3v) is 7.14. The van der Waals surface area contributed by atoms with Gasteiger partial charge in [-0.3, -0.25) is 4.57 Å². The van der Waals surface area contributed by atoms with E-state index in [0.29, 0.717) is 22.5 Å². The zero-order valence-corrected chi connectivity index (χ0v) is 17.6. The van der Waals surface area contributed by atoms with Gasteiger partial charge in [0.25, 0.3) is 7.37 Å². The van der Waals surface area contributed by atoms with Crippen LogP contribution in [0, 0.1) is 0 Å². The molecule has 0 bridgehead atoms. The number of hydrogen-bond acceptors (Lipinski definition) is 4. The summed E-state index contributed by atoms with van der Waals surface area (Å²) in [5.74, 6) is -1.37. The highest BCUT2D eigenvalue weighted by atomic mass is 35.5. The predicted molar refractivity (Wildman–Crippen MR) is 110 cm³/mol. The van der Waals surface area contributed by atoms with Crippen LogP contribution in [0.25, 0.3) is 0 Å². The van der Waals surface area contributed by atoms with Crippen LogP contribution in [0.3, 0.4) is 0 Å². The van der Waals surface area contributed by atoms with Crippen molar-refractivity contribution in [3.8, 4) is 0 Å². The largest absolute Gasteiger partial charge is 0.378 e. The Labute approximate surface area is 165 Å². The van der Waals surface area contributed by atoms with Gasteiger partial charge in [0, 0.05) is 40.7 Å². The van der Waals surface area contributed by atoms with Crippen LogP contribution in [0.2, 0.25) is 10.0 Å². The average molecular weight is 416 g/mol. The molecule has 2 atom stereocenters. The number of halogens is 2. The lowest BCUT2D eigenvalue weighted by molar-refractivity contribution is 0.213. The maximum absolute atomic E-state index is 13.7. The Kier molecular flexibility index (Phi) is 7.57. The molecule has 0 fully saturated rings. The number of aliphatic hydroxyl groups is 1. The van der Waals surface area contributed by atoms with Crippen LogP contribution >= 0.6 is 30.6 Å². The molecule has 2 rings (SSSR count). The summed E-state index contributed by atoms with van der Waals surface area (Å²) in [6.45, 7) is 2.32. The van der Waals surface area contributed by atoms with E-state index in [4.69, 9.17) is 27.7 Å². The predicted octanol–water partition coefficient (Wildman–Crippen LogP) is 5.47. The summed E-state index contributed by atoms with van der Waals surface area (Å²) in [5.41, 5.74) is 1.31. The second-order valence-electron chi connectivity index (χ2n) is 6.23. The highest BCUT2D eigenvalue weighted by Gasteiger charge is 2.37. The Morgan fingerprint density at radius 2 is 1.81 bits per heavy atom. The van der Waals surface area contributed by atoms with Gasteiger partial charge < -0.3 is 14.5 Å². The van der Waals surface area contributed by atoms with Gasteiger partial charge in [-0.2, -0.15) is 0 Å². The van der Waals surface area contributed by atoms with Crippen LogP contribution in [0.4, 0.5) is 5.69 Å². The van der Waals surface area contributed by atoms with E-state index in [1.807, 2.05) is 38.1 Å². The molecule has 0 aromatic heterocycles. The highest BCUT2D eigenvalue weighted by Crippen LogP contribution is 2.58. The van der Waals surface area contributed by atoms with Crippen molar-refractivity contribution in [3.63, 3.8) is 0 Å². The van der Waals surface area contributed by atoms with Crippen LogP contribution in [0.15, 0.2) is 42.5 Å². The highest BCUT2D eigenvalue weighted by molar-refractivity contribution is 7.67. The molecule has 4 nitrogen and oxygen atoms in total. The molecule has 0 saturated heterocycles. The van der Waals surface area contributed by atoms with E-state index in [9.17, 15) is 9.67 Å². The van der Waals surface area contributed by atoms with Crippen LogP contribution < -0.4 is 10.2 Å². The lowest BCUT2D eigenvalue weighted by Gasteiger charge is -2.25. The lowest BCUT2D eigenvalue weighted by Crippen LogP contribution is -2.16. The maximum atomic E-state index is 13.7. The van der Waals surface area contributed by atoms with E-state index in [1.165, 1.54) is 6.07 Å². The molecule has 2 aromatic carbocycles. The number of hydrogen-bond donors (Lipinski definition) is 1. The van der Waals surface area contributed by atoms with Crippen molar-refractivity contribution in [2.24, 2.45) is 0 Å². The molecule has 0 amide bonds. The quantitative estimate of drug-likeness (QED) is 0.458. The molecule has 0 aliphatic rings. The summed E-state index contributed by atoms with van der Waals surface area (Å²) < 4.78 is 19.5. The van der Waals surface area contributed by atoms with Crippen LogP contribution in [0.5, 0.6) is 0 Å². The van der Waals surface area contributed by atoms with E-state index in [0.717, 1.165) is 18.5 Å². The summed E-state index contributed by atoms with van der Waals surface area (Å²) in [7, 11) is 0.254. The lowest BCUT2D eigenvalue weighted by atomic mass is 10.2. The molecule has 26 heavy (non-hydrogen) atoms. The second-order valence-corrected chi connectivity index (χ2v) is 9.54. The van der Waals surface area contributed by atoms with Crippen molar-refractivity contribution in [2.75, 3.05) is 25.6 Å². The van der Waals surface area contributed by atoms with Crippen molar-refractivity contribution < 1.29 is 14.2 Å². The summed E-state index contributed by atoms with van der Waals surface area (Å²) in [4.78, 5) is 1.94. The monoisotopic (exact) mass is 415 g/mol. The number of rotatable bonds is 8. The van der Waals surface area contributed by atoms with Crippen molar-refractivity contribution in [3.05, 3.63) is 58.1 Å². The molecular weight excluding hydrogens is 392 g/mol. The van der Waals surface area contributed by atoms with Gasteiger partial charge in [-0.1, -0.05) is 42.6 Å². The van der Waals surface area contributed by atoms with Gasteiger partial charge in [0.15, 0.2) is 5.85 Å². The van der Waals surface area contributed by atoms with Crippen molar-refractivity contribution >= 4 is 41.6 Å². The van der Waals surface area contributed by atoms with E-state index >= 15 is 0 Å². The fourth-order valence-corrected chi connectivity index (χ4v) is 5.20. The number of benzene rings is 2. The third kappa shape index (κ3) is 4.82. The van der Waals surface area contributed by atoms with Gasteiger partial charge in [0.2, 0.25) is 0 Å². The summed E-state index contributed by atoms with van der Waals surface area (Å²) in [6.07, 6.45) is 1.65. The Balaban J connectivity index is 2.44. The molecule has 0 aliphatic carbocycles. The van der Waals surface area contributed by atoms with Crippen molar-refractivity contribution in [2.45, 2.75) is 25.6 Å². The Bertz CT molecular complexity index is 781. The van der Waals surface area contributed by atoms with E-state index in [2.05, 4.69) is 0 Å². The first kappa shape index (κ1) is 21.3. The number of anilines is 1. The van der Waals surface area contributed by atoms with Gasteiger partial charge in [0.05, 0.1) is 6.61 Å². The van der Waals surface area contributed by atoms with Crippen LogP contribution in [-0.2, 0) is 9.09 Å². The van der Waals surface area contributed by atoms with Crippen LogP contribution in [0.1, 0.15) is 31.2 Å². The standard InChI is InChI=1S/C19H24Cl2NO3P/c1-4-5-12-25-26(24,16-9-7-15(8-10-16)22(2)3)19(23)17-11-6-14(20)13-18(17)21/h6-11,13,19,23H,4-5,12H2,1-3H3/t19-,26+/m1/s1. The van der Waals surface area contributed by atoms with E-state index < -0.39 is 13.2 Å². The molecular formula is C19H24Cl2NO3P. The van der Waals surface area contributed by atoms with Gasteiger partial charge in [0.1, 0.15) is 0 Å². The summed E-state index contributed by atoms with van der Waals surface area (Å²) in [6, 6.07) is 11.9. The molecule has 0 spiro atoms. The average Bonchev–Trinajstić information content (AvgIpc) is 2.61. The number of nitrogens with zero attached hydrogens (tertiary/aromatic N) is 1. The maximum Gasteiger partial charge on any atom is 0.264 e. The molecule has 0 saturated carbocycles. The van der Waals surface area contributed by atoms with Crippen molar-refractivity contribution in [1.29, 1.82) is 0 Å². The zero-order valence-electron chi connectivity index (χ0n) is 15.2. The third-order valence-electron chi connectivity index (χ3n) is 4.07. The molecule has 7 heteroatoms. The number of aliphatic hydroxyl groups excluding tert-OH is 1. The van der Waals surface area contributed by atoms with Gasteiger partial charge in [-0.05, 0) is 42.8 Å². The molecule has 0 heterocycles. The molecule has 1 N–H and O–H groups in total. The Morgan fingerprint density at radius 1 is 1.15 bits per heavy atom. The van der Waals surface area contributed by atoms with Crippen LogP contribution in [-0.4, -0.2) is 25.8 Å². The Morgan fingerprint density at radius 3 is 2.35 bits per heavy atom. The molecule has 142 valence electrons. The first-order valence-corrected chi connectivity index (χ1v) is 10.9. The summed E-state index contributed by atoms with van der Waals surface area (Å²) in [5, 5.41) is 12.1. The smallest absolute Gasteiger partial charge is 0.264 e. The molecule has 0 radical (unpaired) electrons. The first-order valence-electron chi connectivity index (χ1n) is 8.45. The SMILES string of the molecule is CCCCO[P@@](=O)(c1ccc(N(C)C)cc1)[C@@H](O)c1ccc(Cl)cc1Cl. The van der Waals surface area contributed by atoms with Gasteiger partial charge >= 0.3 is 0 Å². The number of unbranched alkanes of at least 4 members (excludes halogenated alkanes) is 1. The second kappa shape index (κ2) is 9.25. The molecule has 0 unspecified atom stereocenters. The van der Waals surface area contributed by atoms with E-state index in [1.54, 1.807) is 24.3 Å². The van der Waals surface area contributed by atoms with E-state index in [-0.39, 0.29) is 5.02 Å². The summed E-state index contributed by atoms with van der Waals surface area (Å²) >= 11 is 12.1. The fourth-order valence-electron chi connectivity index (χ4n) is 2.48. The minimum absolute atomic E-state index is 0.259. The zero-order chi connectivity index (χ0) is 19.3. The van der Waals surface area contributed by atoms with Gasteiger partial charge in [-0.25, -0.2) is 0 Å². The molecule has 0 aliphatic heterocycles. The Hall–Kier alpha value is -1.03. The van der Waals surface area contributed by atoms with Crippen molar-refractivity contribution in [1.82, 2.24) is 0 Å². The topological polar surface area (TPSA) is 49.8 Å². The molecule has 2 aromatic rings. The first-order chi connectivity index (χ1) is 12.3. The minimum atomic E-state index is -3.60. The van der Waals surface area contributed by atoms with Gasteiger partial charge in [-0.15, -0.1) is 0 Å².